The van der Waals surface area contributed by atoms with Crippen molar-refractivity contribution in [1.82, 2.24) is 15.0 Å². The van der Waals surface area contributed by atoms with Crippen molar-refractivity contribution in [3.8, 4) is 0 Å². The maximum atomic E-state index is 4.98. The van der Waals surface area contributed by atoms with Gasteiger partial charge in [-0.25, -0.2) is 9.97 Å². The number of fused-ring (bicyclic) bond motifs is 2. The quantitative estimate of drug-likeness (QED) is 0.560. The minimum atomic E-state index is -0.0340. The fourth-order valence-electron chi connectivity index (χ4n) is 2.68. The third kappa shape index (κ3) is 2.56. The second kappa shape index (κ2) is 4.73. The third-order valence-electron chi connectivity index (χ3n) is 3.84. The van der Waals surface area contributed by atoms with Crippen molar-refractivity contribution >= 4 is 21.8 Å². The van der Waals surface area contributed by atoms with E-state index in [-0.39, 0.29) is 10.8 Å². The Balaban J connectivity index is 2.40. The van der Waals surface area contributed by atoms with Crippen LogP contribution in [0.1, 0.15) is 52.9 Å². The van der Waals surface area contributed by atoms with Crippen LogP contribution in [0.4, 0.5) is 0 Å². The molecule has 0 amide bonds. The summed E-state index contributed by atoms with van der Waals surface area (Å²) < 4.78 is 0. The average molecular weight is 293 g/mol. The lowest BCUT2D eigenvalue weighted by Gasteiger charge is -2.28. The Kier molecular flexibility index (Phi) is 3.20. The van der Waals surface area contributed by atoms with Crippen LogP contribution in [0.15, 0.2) is 30.6 Å². The number of benzene rings is 1. The van der Waals surface area contributed by atoms with Crippen LogP contribution in [-0.2, 0) is 10.8 Å². The maximum Gasteiger partial charge on any atom is 0.0897 e. The molecule has 0 saturated carbocycles. The molecule has 3 nitrogen and oxygen atoms in total. The van der Waals surface area contributed by atoms with Gasteiger partial charge >= 0.3 is 0 Å². The van der Waals surface area contributed by atoms with Crippen molar-refractivity contribution in [2.24, 2.45) is 0 Å². The fraction of sp³-hybridized carbons (Fsp3) is 0.421. The minimum absolute atomic E-state index is 0.0308. The molecule has 0 bridgehead atoms. The van der Waals surface area contributed by atoms with E-state index >= 15 is 0 Å². The Morgan fingerprint density at radius 2 is 1.23 bits per heavy atom. The highest BCUT2D eigenvalue weighted by Gasteiger charge is 2.28. The summed E-state index contributed by atoms with van der Waals surface area (Å²) in [4.78, 5) is 14.2. The van der Waals surface area contributed by atoms with Gasteiger partial charge in [0, 0.05) is 28.6 Å². The SMILES string of the molecule is CC(C)(C)c1nc2cc3ccncc3cc2nc1C(C)(C)C. The van der Waals surface area contributed by atoms with E-state index in [1.165, 1.54) is 0 Å². The molecule has 0 radical (unpaired) electrons. The molecule has 2 aromatic heterocycles. The summed E-state index contributed by atoms with van der Waals surface area (Å²) in [5.41, 5.74) is 4.00. The molecule has 3 heteroatoms. The van der Waals surface area contributed by atoms with E-state index in [4.69, 9.17) is 9.97 Å². The molecule has 0 spiro atoms. The van der Waals surface area contributed by atoms with Crippen LogP contribution in [0.5, 0.6) is 0 Å². The number of hydrogen-bond donors (Lipinski definition) is 0. The lowest BCUT2D eigenvalue weighted by molar-refractivity contribution is 0.502. The van der Waals surface area contributed by atoms with Crippen LogP contribution in [0.3, 0.4) is 0 Å². The van der Waals surface area contributed by atoms with Crippen molar-refractivity contribution in [3.63, 3.8) is 0 Å². The van der Waals surface area contributed by atoms with Gasteiger partial charge < -0.3 is 0 Å². The lowest BCUT2D eigenvalue weighted by Crippen LogP contribution is -2.25. The van der Waals surface area contributed by atoms with E-state index in [2.05, 4.69) is 58.7 Å². The summed E-state index contributed by atoms with van der Waals surface area (Å²) in [5.74, 6) is 0. The summed E-state index contributed by atoms with van der Waals surface area (Å²) in [7, 11) is 0. The average Bonchev–Trinajstić information content (AvgIpc) is 2.41. The lowest BCUT2D eigenvalue weighted by atomic mass is 9.81. The van der Waals surface area contributed by atoms with Crippen LogP contribution in [0.25, 0.3) is 21.8 Å². The largest absolute Gasteiger partial charge is 0.264 e. The number of pyridine rings is 1. The Hall–Kier alpha value is -2.03. The van der Waals surface area contributed by atoms with E-state index in [1.807, 2.05) is 18.5 Å². The molecule has 2 heterocycles. The normalized spacial score (nSPS) is 13.0. The monoisotopic (exact) mass is 293 g/mol. The van der Waals surface area contributed by atoms with Crippen LogP contribution in [-0.4, -0.2) is 15.0 Å². The van der Waals surface area contributed by atoms with Gasteiger partial charge in [-0.3, -0.25) is 4.98 Å². The minimum Gasteiger partial charge on any atom is -0.264 e. The first-order valence-electron chi connectivity index (χ1n) is 7.73. The zero-order valence-corrected chi connectivity index (χ0v) is 14.2. The molecule has 0 fully saturated rings. The molecular formula is C19H23N3. The van der Waals surface area contributed by atoms with Crippen LogP contribution < -0.4 is 0 Å². The van der Waals surface area contributed by atoms with Crippen molar-refractivity contribution < 1.29 is 0 Å². The van der Waals surface area contributed by atoms with E-state index in [1.54, 1.807) is 0 Å². The van der Waals surface area contributed by atoms with Gasteiger partial charge in [0.2, 0.25) is 0 Å². The molecule has 0 aliphatic rings. The molecule has 0 saturated heterocycles. The summed E-state index contributed by atoms with van der Waals surface area (Å²) in [6.45, 7) is 13.2. The van der Waals surface area contributed by atoms with Crippen molar-refractivity contribution in [2.45, 2.75) is 52.4 Å². The van der Waals surface area contributed by atoms with E-state index in [0.29, 0.717) is 0 Å². The molecule has 3 aromatic rings. The molecule has 22 heavy (non-hydrogen) atoms. The van der Waals surface area contributed by atoms with Crippen LogP contribution in [0.2, 0.25) is 0 Å². The first-order valence-corrected chi connectivity index (χ1v) is 7.73. The smallest absolute Gasteiger partial charge is 0.0897 e. The summed E-state index contributed by atoms with van der Waals surface area (Å²) in [6.07, 6.45) is 3.70. The van der Waals surface area contributed by atoms with Gasteiger partial charge in [0.05, 0.1) is 22.4 Å². The van der Waals surface area contributed by atoms with E-state index < -0.39 is 0 Å². The number of nitrogens with zero attached hydrogens (tertiary/aromatic N) is 3. The predicted molar refractivity (Wildman–Crippen MR) is 92.2 cm³/mol. The zero-order valence-electron chi connectivity index (χ0n) is 14.2. The molecule has 3 rings (SSSR count). The van der Waals surface area contributed by atoms with Crippen molar-refractivity contribution in [1.29, 1.82) is 0 Å². The Morgan fingerprint density at radius 3 is 1.73 bits per heavy atom. The second-order valence-corrected chi connectivity index (χ2v) is 7.98. The molecule has 0 aliphatic heterocycles. The van der Waals surface area contributed by atoms with Gasteiger partial charge in [-0.2, -0.15) is 0 Å². The topological polar surface area (TPSA) is 38.7 Å². The summed E-state index contributed by atoms with van der Waals surface area (Å²) >= 11 is 0. The van der Waals surface area contributed by atoms with Gasteiger partial charge in [-0.05, 0) is 23.6 Å². The van der Waals surface area contributed by atoms with Crippen molar-refractivity contribution in [3.05, 3.63) is 42.0 Å². The predicted octanol–water partition coefficient (Wildman–Crippen LogP) is 4.77. The number of rotatable bonds is 0. The Bertz CT molecular complexity index is 780. The molecule has 1 aromatic carbocycles. The van der Waals surface area contributed by atoms with E-state index in [9.17, 15) is 0 Å². The van der Waals surface area contributed by atoms with Gasteiger partial charge in [0.1, 0.15) is 0 Å². The van der Waals surface area contributed by atoms with Gasteiger partial charge in [-0.1, -0.05) is 41.5 Å². The molecule has 0 aliphatic carbocycles. The zero-order chi connectivity index (χ0) is 16.1. The maximum absolute atomic E-state index is 4.98. The van der Waals surface area contributed by atoms with Crippen molar-refractivity contribution in [2.75, 3.05) is 0 Å². The van der Waals surface area contributed by atoms with E-state index in [0.717, 1.165) is 33.2 Å². The standard InChI is InChI=1S/C19H23N3/c1-18(2,3)16-17(19(4,5)6)22-15-10-13-11-20-8-7-12(13)9-14(15)21-16/h7-11H,1-6H3. The first-order chi connectivity index (χ1) is 10.2. The second-order valence-electron chi connectivity index (χ2n) is 7.98. The highest BCUT2D eigenvalue weighted by atomic mass is 14.9. The van der Waals surface area contributed by atoms with Gasteiger partial charge in [0.15, 0.2) is 0 Å². The Morgan fingerprint density at radius 1 is 0.727 bits per heavy atom. The fourth-order valence-corrected chi connectivity index (χ4v) is 2.68. The van der Waals surface area contributed by atoms with Crippen LogP contribution in [0, 0.1) is 0 Å². The summed E-state index contributed by atoms with van der Waals surface area (Å²) in [6, 6.07) is 6.22. The molecular weight excluding hydrogens is 270 g/mol. The highest BCUT2D eigenvalue weighted by molar-refractivity contribution is 5.94. The molecule has 0 atom stereocenters. The summed E-state index contributed by atoms with van der Waals surface area (Å²) in [5, 5.41) is 2.26. The molecule has 0 N–H and O–H groups in total. The molecule has 0 unspecified atom stereocenters. The van der Waals surface area contributed by atoms with Gasteiger partial charge in [0.25, 0.3) is 0 Å². The highest BCUT2D eigenvalue weighted by Crippen LogP contribution is 2.33. The van der Waals surface area contributed by atoms with Crippen LogP contribution >= 0.6 is 0 Å². The first kappa shape index (κ1) is 14.9. The third-order valence-corrected chi connectivity index (χ3v) is 3.84. The molecule has 114 valence electrons. The number of aromatic nitrogens is 3. The Labute approximate surface area is 131 Å². The number of hydrogen-bond acceptors (Lipinski definition) is 3. The van der Waals surface area contributed by atoms with Gasteiger partial charge in [-0.15, -0.1) is 0 Å².